The van der Waals surface area contributed by atoms with Crippen molar-refractivity contribution in [3.05, 3.63) is 28.2 Å². The predicted octanol–water partition coefficient (Wildman–Crippen LogP) is 0.171. The third-order valence-electron chi connectivity index (χ3n) is 2.88. The van der Waals surface area contributed by atoms with E-state index >= 15 is 0 Å². The average molecular weight is 255 g/mol. The van der Waals surface area contributed by atoms with E-state index in [2.05, 4.69) is 15.1 Å². The molecule has 1 N–H and O–H groups in total. The molecule has 0 spiro atoms. The lowest BCUT2D eigenvalue weighted by Crippen LogP contribution is -2.16. The highest BCUT2D eigenvalue weighted by molar-refractivity contribution is 5.83. The molecule has 0 aliphatic carbocycles. The number of nitrogens with zero attached hydrogens (tertiary/aromatic N) is 4. The second-order valence-corrected chi connectivity index (χ2v) is 3.95. The van der Waals surface area contributed by atoms with Gasteiger partial charge in [0.25, 0.3) is 11.3 Å². The first-order valence-corrected chi connectivity index (χ1v) is 5.38. The van der Waals surface area contributed by atoms with Crippen molar-refractivity contribution in [1.29, 1.82) is 5.26 Å². The van der Waals surface area contributed by atoms with E-state index in [0.717, 1.165) is 0 Å². The van der Waals surface area contributed by atoms with Gasteiger partial charge in [0.05, 0.1) is 11.0 Å². The van der Waals surface area contributed by atoms with Crippen LogP contribution in [0.2, 0.25) is 0 Å². The molecule has 0 bridgehead atoms. The Morgan fingerprint density at radius 3 is 2.89 bits per heavy atom. The number of ether oxygens (including phenoxy) is 2. The van der Waals surface area contributed by atoms with Crippen LogP contribution in [0.3, 0.4) is 0 Å². The Hall–Kier alpha value is -3.08. The molecule has 1 aromatic carbocycles. The van der Waals surface area contributed by atoms with Crippen molar-refractivity contribution in [3.63, 3.8) is 0 Å². The van der Waals surface area contributed by atoms with Gasteiger partial charge in [-0.05, 0) is 0 Å². The molecule has 8 heteroatoms. The number of imidazole rings is 1. The highest BCUT2D eigenvalue weighted by Gasteiger charge is 2.18. The van der Waals surface area contributed by atoms with Gasteiger partial charge in [-0.25, -0.2) is 9.50 Å². The number of hydrogen-bond donors (Lipinski definition) is 1. The van der Waals surface area contributed by atoms with Crippen LogP contribution in [0.25, 0.3) is 16.8 Å². The molecule has 0 saturated carbocycles. The lowest BCUT2D eigenvalue weighted by atomic mass is 10.3. The first-order valence-electron chi connectivity index (χ1n) is 5.38. The topological polar surface area (TPSA) is 105 Å². The summed E-state index contributed by atoms with van der Waals surface area (Å²) in [5, 5.41) is 11.3. The summed E-state index contributed by atoms with van der Waals surface area (Å²) in [6.07, 6.45) is 0. The summed E-state index contributed by atoms with van der Waals surface area (Å²) in [6.45, 7) is 0.165. The summed E-state index contributed by atoms with van der Waals surface area (Å²) in [7, 11) is 0. The highest BCUT2D eigenvalue weighted by Crippen LogP contribution is 2.35. The molecule has 3 heterocycles. The van der Waals surface area contributed by atoms with Crippen molar-refractivity contribution in [2.75, 3.05) is 6.79 Å². The summed E-state index contributed by atoms with van der Waals surface area (Å²) in [5.41, 5.74) is 0.450. The van der Waals surface area contributed by atoms with Crippen LogP contribution in [0.4, 0.5) is 0 Å². The maximum atomic E-state index is 11.6. The number of H-pyrrole nitrogens is 1. The third kappa shape index (κ3) is 1.23. The smallest absolute Gasteiger partial charge is 0.299 e. The van der Waals surface area contributed by atoms with Gasteiger partial charge in [0.15, 0.2) is 11.5 Å². The quantitative estimate of drug-likeness (QED) is 0.613. The van der Waals surface area contributed by atoms with Crippen molar-refractivity contribution < 1.29 is 9.47 Å². The molecule has 8 nitrogen and oxygen atoms in total. The Morgan fingerprint density at radius 2 is 2.11 bits per heavy atom. The fraction of sp³-hybridized carbons (Fsp3) is 0.0909. The minimum absolute atomic E-state index is 0.165. The number of aromatic nitrogens is 4. The minimum Gasteiger partial charge on any atom is -0.454 e. The van der Waals surface area contributed by atoms with E-state index in [1.54, 1.807) is 18.2 Å². The van der Waals surface area contributed by atoms with Gasteiger partial charge in [0.1, 0.15) is 6.07 Å². The molecule has 3 aromatic rings. The number of benzene rings is 1. The molecule has 0 unspecified atom stereocenters. The number of fused-ring (bicyclic) bond motifs is 4. The van der Waals surface area contributed by atoms with Crippen LogP contribution < -0.4 is 15.0 Å². The molecule has 92 valence electrons. The monoisotopic (exact) mass is 255 g/mol. The molecular weight excluding hydrogens is 250 g/mol. The van der Waals surface area contributed by atoms with Crippen molar-refractivity contribution in [1.82, 2.24) is 19.6 Å². The molecule has 1 aliphatic heterocycles. The molecule has 0 atom stereocenters. The van der Waals surface area contributed by atoms with Crippen molar-refractivity contribution in [2.45, 2.75) is 0 Å². The normalized spacial score (nSPS) is 13.0. The maximum absolute atomic E-state index is 11.6. The zero-order valence-electron chi connectivity index (χ0n) is 9.38. The van der Waals surface area contributed by atoms with Crippen LogP contribution in [0.15, 0.2) is 16.9 Å². The van der Waals surface area contributed by atoms with E-state index in [4.69, 9.17) is 14.7 Å². The summed E-state index contributed by atoms with van der Waals surface area (Å²) < 4.78 is 11.9. The lowest BCUT2D eigenvalue weighted by Gasteiger charge is -1.97. The molecule has 0 amide bonds. The SMILES string of the molecule is N#Cc1nc2nc3cc4c(cc3n2[nH]c1=O)OCO4. The van der Waals surface area contributed by atoms with E-state index in [9.17, 15) is 4.79 Å². The van der Waals surface area contributed by atoms with Gasteiger partial charge in [-0.15, -0.1) is 0 Å². The Morgan fingerprint density at radius 1 is 1.32 bits per heavy atom. The van der Waals surface area contributed by atoms with Crippen LogP contribution in [-0.2, 0) is 0 Å². The fourth-order valence-electron chi connectivity index (χ4n) is 2.02. The molecule has 1 aliphatic rings. The van der Waals surface area contributed by atoms with Gasteiger partial charge in [-0.3, -0.25) is 9.89 Å². The van der Waals surface area contributed by atoms with Crippen molar-refractivity contribution in [3.8, 4) is 17.6 Å². The van der Waals surface area contributed by atoms with Crippen molar-refractivity contribution >= 4 is 16.8 Å². The standard InChI is InChI=1S/C11H5N5O3/c12-3-6-10(17)15-16-7-2-9-8(18-4-19-9)1-5(7)13-11(16)14-6/h1-2H,4H2,(H,15,17). The van der Waals surface area contributed by atoms with Crippen LogP contribution in [0, 0.1) is 11.3 Å². The molecular formula is C11H5N5O3. The van der Waals surface area contributed by atoms with E-state index in [1.807, 2.05) is 0 Å². The number of hydrogen-bond acceptors (Lipinski definition) is 6. The van der Waals surface area contributed by atoms with Gasteiger partial charge in [0.2, 0.25) is 12.5 Å². The van der Waals surface area contributed by atoms with Crippen molar-refractivity contribution in [2.24, 2.45) is 0 Å². The largest absolute Gasteiger partial charge is 0.454 e. The Kier molecular flexibility index (Phi) is 1.68. The summed E-state index contributed by atoms with van der Waals surface area (Å²) in [4.78, 5) is 19.7. The Labute approximate surface area is 104 Å². The van der Waals surface area contributed by atoms with Gasteiger partial charge in [-0.1, -0.05) is 0 Å². The van der Waals surface area contributed by atoms with Gasteiger partial charge < -0.3 is 9.47 Å². The number of aromatic amines is 1. The zero-order chi connectivity index (χ0) is 13.0. The molecule has 4 rings (SSSR count). The van der Waals surface area contributed by atoms with Crippen LogP contribution >= 0.6 is 0 Å². The van der Waals surface area contributed by atoms with Gasteiger partial charge >= 0.3 is 0 Å². The zero-order valence-corrected chi connectivity index (χ0v) is 9.38. The van der Waals surface area contributed by atoms with E-state index < -0.39 is 5.56 Å². The minimum atomic E-state index is -0.563. The maximum Gasteiger partial charge on any atom is 0.299 e. The molecule has 19 heavy (non-hydrogen) atoms. The summed E-state index contributed by atoms with van der Waals surface area (Å²) in [6, 6.07) is 5.13. The van der Waals surface area contributed by atoms with Crippen LogP contribution in [0.5, 0.6) is 11.5 Å². The second-order valence-electron chi connectivity index (χ2n) is 3.95. The lowest BCUT2D eigenvalue weighted by molar-refractivity contribution is 0.174. The molecule has 0 radical (unpaired) electrons. The average Bonchev–Trinajstić information content (AvgIpc) is 2.98. The predicted molar refractivity (Wildman–Crippen MR) is 62.0 cm³/mol. The fourth-order valence-corrected chi connectivity index (χ4v) is 2.02. The second kappa shape index (κ2) is 3.23. The Bertz CT molecular complexity index is 933. The summed E-state index contributed by atoms with van der Waals surface area (Å²) in [5.74, 6) is 1.42. The van der Waals surface area contributed by atoms with E-state index in [1.165, 1.54) is 4.52 Å². The molecule has 2 aromatic heterocycles. The van der Waals surface area contributed by atoms with E-state index in [0.29, 0.717) is 22.5 Å². The number of nitrogens with one attached hydrogen (secondary N) is 1. The van der Waals surface area contributed by atoms with Crippen LogP contribution in [0.1, 0.15) is 5.69 Å². The van der Waals surface area contributed by atoms with E-state index in [-0.39, 0.29) is 18.3 Å². The summed E-state index contributed by atoms with van der Waals surface area (Å²) >= 11 is 0. The number of rotatable bonds is 0. The van der Waals surface area contributed by atoms with Gasteiger partial charge in [0, 0.05) is 12.1 Å². The molecule has 0 fully saturated rings. The first kappa shape index (κ1) is 9.90. The Balaban J connectivity index is 2.15. The first-order chi connectivity index (χ1) is 9.26. The number of nitriles is 1. The van der Waals surface area contributed by atoms with Crippen LogP contribution in [-0.4, -0.2) is 26.4 Å². The highest BCUT2D eigenvalue weighted by atomic mass is 16.7. The van der Waals surface area contributed by atoms with Gasteiger partial charge in [-0.2, -0.15) is 10.2 Å². The molecule has 0 saturated heterocycles. The third-order valence-corrected chi connectivity index (χ3v) is 2.88.